The average molecular weight is 240 g/mol. The van der Waals surface area contributed by atoms with Crippen LogP contribution in [0.5, 0.6) is 0 Å². The Morgan fingerprint density at radius 1 is 1.89 bits per heavy atom. The molecule has 1 saturated heterocycles. The summed E-state index contributed by atoms with van der Waals surface area (Å²) in [6.07, 6.45) is 0.784. The highest BCUT2D eigenvalue weighted by molar-refractivity contribution is 14.1. The summed E-state index contributed by atoms with van der Waals surface area (Å²) in [4.78, 5) is 10.6. The molecule has 0 unspecified atom stereocenters. The maximum Gasteiger partial charge on any atom is 0.306 e. The van der Waals surface area contributed by atoms with E-state index in [-0.39, 0.29) is 12.1 Å². The molecule has 1 aliphatic heterocycles. The number of carbonyl (C=O) groups is 1. The molecule has 2 nitrogen and oxygen atoms in total. The number of alkyl halides is 1. The monoisotopic (exact) mass is 240 g/mol. The standard InChI is InChI=1S/C6H9IO2/c1-4-2-6(8)9-5(4)3-7/h4-5H,2-3H2,1H3/t4-,5-/m1/s1. The summed E-state index contributed by atoms with van der Waals surface area (Å²) in [6.45, 7) is 2.05. The van der Waals surface area contributed by atoms with Gasteiger partial charge in [0.05, 0.1) is 6.42 Å². The van der Waals surface area contributed by atoms with Crippen molar-refractivity contribution in [3.8, 4) is 0 Å². The van der Waals surface area contributed by atoms with Crippen molar-refractivity contribution in [1.29, 1.82) is 0 Å². The molecule has 3 heteroatoms. The maximum absolute atomic E-state index is 10.6. The van der Waals surface area contributed by atoms with Gasteiger partial charge in [-0.05, 0) is 0 Å². The van der Waals surface area contributed by atoms with Crippen molar-refractivity contribution in [2.45, 2.75) is 19.4 Å². The van der Waals surface area contributed by atoms with E-state index in [2.05, 4.69) is 22.6 Å². The molecule has 0 aromatic rings. The molecule has 1 rings (SSSR count). The van der Waals surface area contributed by atoms with Crippen LogP contribution in [0, 0.1) is 5.92 Å². The molecule has 0 amide bonds. The smallest absolute Gasteiger partial charge is 0.306 e. The Bertz CT molecular complexity index is 124. The molecule has 0 saturated carbocycles. The summed E-state index contributed by atoms with van der Waals surface area (Å²) >= 11 is 2.24. The van der Waals surface area contributed by atoms with E-state index in [0.29, 0.717) is 12.3 Å². The summed E-state index contributed by atoms with van der Waals surface area (Å²) in [7, 11) is 0. The Kier molecular flexibility index (Phi) is 2.32. The van der Waals surface area contributed by atoms with Crippen LogP contribution in [-0.2, 0) is 9.53 Å². The summed E-state index contributed by atoms with van der Waals surface area (Å²) in [6, 6.07) is 0. The van der Waals surface area contributed by atoms with Crippen LogP contribution in [0.2, 0.25) is 0 Å². The first-order chi connectivity index (χ1) is 4.24. The molecule has 0 N–H and O–H groups in total. The van der Waals surface area contributed by atoms with E-state index in [1.54, 1.807) is 0 Å². The molecular weight excluding hydrogens is 231 g/mol. The lowest BCUT2D eigenvalue weighted by atomic mass is 10.1. The van der Waals surface area contributed by atoms with Crippen LogP contribution in [0.4, 0.5) is 0 Å². The highest BCUT2D eigenvalue weighted by Crippen LogP contribution is 2.22. The van der Waals surface area contributed by atoms with E-state index in [1.165, 1.54) is 0 Å². The Balaban J connectivity index is 2.47. The molecule has 0 aromatic heterocycles. The zero-order valence-corrected chi connectivity index (χ0v) is 7.42. The SMILES string of the molecule is C[C@@H]1CC(=O)O[C@@H]1CI. The lowest BCUT2D eigenvalue weighted by Gasteiger charge is -2.07. The molecule has 9 heavy (non-hydrogen) atoms. The van der Waals surface area contributed by atoms with E-state index < -0.39 is 0 Å². The van der Waals surface area contributed by atoms with Gasteiger partial charge in [0.15, 0.2) is 0 Å². The highest BCUT2D eigenvalue weighted by Gasteiger charge is 2.29. The van der Waals surface area contributed by atoms with Crippen LogP contribution >= 0.6 is 22.6 Å². The van der Waals surface area contributed by atoms with Gasteiger partial charge in [-0.1, -0.05) is 29.5 Å². The second-order valence-corrected chi connectivity index (χ2v) is 3.24. The van der Waals surface area contributed by atoms with Crippen LogP contribution in [-0.4, -0.2) is 16.5 Å². The van der Waals surface area contributed by atoms with Gasteiger partial charge in [-0.2, -0.15) is 0 Å². The Labute approximate surface area is 68.1 Å². The van der Waals surface area contributed by atoms with Crippen LogP contribution in [0.1, 0.15) is 13.3 Å². The number of ether oxygens (including phenoxy) is 1. The van der Waals surface area contributed by atoms with Gasteiger partial charge >= 0.3 is 5.97 Å². The highest BCUT2D eigenvalue weighted by atomic mass is 127. The minimum absolute atomic E-state index is 0.0378. The van der Waals surface area contributed by atoms with E-state index in [9.17, 15) is 4.79 Å². The normalized spacial score (nSPS) is 34.7. The van der Waals surface area contributed by atoms with Gasteiger partial charge in [0.1, 0.15) is 6.10 Å². The second-order valence-electron chi connectivity index (χ2n) is 2.36. The molecule has 0 aromatic carbocycles. The first-order valence-corrected chi connectivity index (χ1v) is 4.52. The lowest BCUT2D eigenvalue weighted by Crippen LogP contribution is -2.14. The van der Waals surface area contributed by atoms with E-state index in [0.717, 1.165) is 4.43 Å². The quantitative estimate of drug-likeness (QED) is 0.393. The van der Waals surface area contributed by atoms with Gasteiger partial charge in [-0.15, -0.1) is 0 Å². The van der Waals surface area contributed by atoms with E-state index in [1.807, 2.05) is 6.92 Å². The van der Waals surface area contributed by atoms with E-state index >= 15 is 0 Å². The number of esters is 1. The largest absolute Gasteiger partial charge is 0.461 e. The topological polar surface area (TPSA) is 26.3 Å². The Hall–Kier alpha value is 0.200. The molecule has 1 aliphatic rings. The van der Waals surface area contributed by atoms with Crippen LogP contribution < -0.4 is 0 Å². The number of hydrogen-bond acceptors (Lipinski definition) is 2. The summed E-state index contributed by atoms with van der Waals surface area (Å²) in [5.74, 6) is 0.388. The molecule has 1 heterocycles. The van der Waals surface area contributed by atoms with Crippen molar-refractivity contribution in [3.63, 3.8) is 0 Å². The fourth-order valence-electron chi connectivity index (χ4n) is 0.911. The number of cyclic esters (lactones) is 1. The first kappa shape index (κ1) is 7.31. The second kappa shape index (κ2) is 2.86. The van der Waals surface area contributed by atoms with Crippen molar-refractivity contribution in [1.82, 2.24) is 0 Å². The minimum atomic E-state index is -0.0378. The fourth-order valence-corrected chi connectivity index (χ4v) is 1.96. The Morgan fingerprint density at radius 3 is 2.78 bits per heavy atom. The molecular formula is C6H9IO2. The first-order valence-electron chi connectivity index (χ1n) is 2.99. The summed E-state index contributed by atoms with van der Waals surface area (Å²) in [5.41, 5.74) is 0. The number of rotatable bonds is 1. The van der Waals surface area contributed by atoms with Gasteiger partial charge in [0, 0.05) is 10.3 Å². The fraction of sp³-hybridized carbons (Fsp3) is 0.833. The van der Waals surface area contributed by atoms with Gasteiger partial charge in [0.2, 0.25) is 0 Å². The predicted octanol–water partition coefficient (Wildman–Crippen LogP) is 1.37. The minimum Gasteiger partial charge on any atom is -0.461 e. The molecule has 0 bridgehead atoms. The van der Waals surface area contributed by atoms with Gasteiger partial charge in [-0.25, -0.2) is 0 Å². The van der Waals surface area contributed by atoms with Gasteiger partial charge in [0.25, 0.3) is 0 Å². The molecule has 1 fully saturated rings. The summed E-state index contributed by atoms with van der Waals surface area (Å²) in [5, 5.41) is 0. The number of halogens is 1. The van der Waals surface area contributed by atoms with Crippen molar-refractivity contribution in [3.05, 3.63) is 0 Å². The average Bonchev–Trinajstić information content (AvgIpc) is 2.10. The Morgan fingerprint density at radius 2 is 2.56 bits per heavy atom. The zero-order chi connectivity index (χ0) is 6.85. The molecule has 52 valence electrons. The maximum atomic E-state index is 10.6. The lowest BCUT2D eigenvalue weighted by molar-refractivity contribution is -0.140. The van der Waals surface area contributed by atoms with Crippen molar-refractivity contribution in [2.75, 3.05) is 4.43 Å². The molecule has 0 spiro atoms. The molecule has 2 atom stereocenters. The zero-order valence-electron chi connectivity index (χ0n) is 5.26. The third kappa shape index (κ3) is 1.56. The number of hydrogen-bond donors (Lipinski definition) is 0. The third-order valence-corrected chi connectivity index (χ3v) is 2.43. The van der Waals surface area contributed by atoms with Crippen LogP contribution in [0.15, 0.2) is 0 Å². The van der Waals surface area contributed by atoms with Crippen molar-refractivity contribution in [2.24, 2.45) is 5.92 Å². The van der Waals surface area contributed by atoms with Gasteiger partial charge in [-0.3, -0.25) is 4.79 Å². The van der Waals surface area contributed by atoms with E-state index in [4.69, 9.17) is 4.74 Å². The predicted molar refractivity (Wildman–Crippen MR) is 42.5 cm³/mol. The van der Waals surface area contributed by atoms with Gasteiger partial charge < -0.3 is 4.74 Å². The number of carbonyl (C=O) groups excluding carboxylic acids is 1. The van der Waals surface area contributed by atoms with Crippen LogP contribution in [0.3, 0.4) is 0 Å². The van der Waals surface area contributed by atoms with Crippen molar-refractivity contribution >= 4 is 28.6 Å². The molecule has 0 radical (unpaired) electrons. The molecule has 0 aliphatic carbocycles. The summed E-state index contributed by atoms with van der Waals surface area (Å²) < 4.78 is 5.90. The van der Waals surface area contributed by atoms with Crippen LogP contribution in [0.25, 0.3) is 0 Å². The van der Waals surface area contributed by atoms with Crippen molar-refractivity contribution < 1.29 is 9.53 Å². The third-order valence-electron chi connectivity index (χ3n) is 1.56.